The van der Waals surface area contributed by atoms with Gasteiger partial charge in [0.25, 0.3) is 5.91 Å². The third-order valence-corrected chi connectivity index (χ3v) is 5.06. The Hall–Kier alpha value is -2.86. The van der Waals surface area contributed by atoms with Gasteiger partial charge in [0, 0.05) is 10.9 Å². The number of rotatable bonds is 7. The zero-order valence-electron chi connectivity index (χ0n) is 17.2. The number of benzene rings is 2. The molecule has 3 rings (SSSR count). The van der Waals surface area contributed by atoms with Crippen LogP contribution in [0.2, 0.25) is 0 Å². The number of carbonyl (C=O) groups excluding carboxylic acids is 1. The normalized spacial score (nSPS) is 11.2. The Balaban J connectivity index is 1.53. The SMILES string of the molecule is CCOc1ccc(-c2csc(NC(=O)COc3ccc(C(C)(C)C)cc3)n2)cc1. The molecule has 1 aromatic heterocycles. The van der Waals surface area contributed by atoms with E-state index in [2.05, 4.69) is 31.1 Å². The minimum absolute atomic E-state index is 0.0627. The van der Waals surface area contributed by atoms with Gasteiger partial charge in [-0.1, -0.05) is 32.9 Å². The molecule has 0 atom stereocenters. The average Bonchev–Trinajstić information content (AvgIpc) is 3.15. The highest BCUT2D eigenvalue weighted by Gasteiger charge is 2.13. The largest absolute Gasteiger partial charge is 0.494 e. The van der Waals surface area contributed by atoms with E-state index < -0.39 is 0 Å². The Bertz CT molecular complexity index is 942. The second-order valence-corrected chi connectivity index (χ2v) is 8.46. The van der Waals surface area contributed by atoms with Gasteiger partial charge < -0.3 is 9.47 Å². The first-order valence-electron chi connectivity index (χ1n) is 9.57. The monoisotopic (exact) mass is 410 g/mol. The van der Waals surface area contributed by atoms with Crippen LogP contribution in [0.4, 0.5) is 5.13 Å². The van der Waals surface area contributed by atoms with Gasteiger partial charge in [0.1, 0.15) is 11.5 Å². The fourth-order valence-corrected chi connectivity index (χ4v) is 3.44. The molecule has 5 nitrogen and oxygen atoms in total. The van der Waals surface area contributed by atoms with Crippen molar-refractivity contribution in [2.45, 2.75) is 33.1 Å². The van der Waals surface area contributed by atoms with Crippen LogP contribution in [-0.4, -0.2) is 24.1 Å². The summed E-state index contributed by atoms with van der Waals surface area (Å²) >= 11 is 1.38. The van der Waals surface area contributed by atoms with Gasteiger partial charge in [-0.05, 0) is 54.3 Å². The number of nitrogens with one attached hydrogen (secondary N) is 1. The van der Waals surface area contributed by atoms with Crippen LogP contribution in [0.1, 0.15) is 33.3 Å². The van der Waals surface area contributed by atoms with Crippen LogP contribution in [0.5, 0.6) is 11.5 Å². The van der Waals surface area contributed by atoms with Crippen molar-refractivity contribution >= 4 is 22.4 Å². The van der Waals surface area contributed by atoms with Crippen molar-refractivity contribution in [2.24, 2.45) is 0 Å². The van der Waals surface area contributed by atoms with E-state index in [1.54, 1.807) is 0 Å². The van der Waals surface area contributed by atoms with Crippen LogP contribution >= 0.6 is 11.3 Å². The number of anilines is 1. The molecule has 0 saturated carbocycles. The third kappa shape index (κ3) is 5.81. The number of nitrogens with zero attached hydrogens (tertiary/aromatic N) is 1. The molecule has 29 heavy (non-hydrogen) atoms. The summed E-state index contributed by atoms with van der Waals surface area (Å²) in [4.78, 5) is 16.7. The Labute approximate surface area is 175 Å². The predicted octanol–water partition coefficient (Wildman–Crippen LogP) is 5.52. The van der Waals surface area contributed by atoms with E-state index >= 15 is 0 Å². The minimum atomic E-state index is -0.238. The second kappa shape index (κ2) is 9.09. The molecule has 0 fully saturated rings. The van der Waals surface area contributed by atoms with Crippen molar-refractivity contribution in [3.63, 3.8) is 0 Å². The third-order valence-electron chi connectivity index (χ3n) is 4.30. The van der Waals surface area contributed by atoms with Gasteiger partial charge in [-0.2, -0.15) is 0 Å². The van der Waals surface area contributed by atoms with E-state index in [0.717, 1.165) is 17.0 Å². The summed E-state index contributed by atoms with van der Waals surface area (Å²) in [6.07, 6.45) is 0. The number of thiazole rings is 1. The highest BCUT2D eigenvalue weighted by Crippen LogP contribution is 2.27. The zero-order valence-corrected chi connectivity index (χ0v) is 18.0. The summed E-state index contributed by atoms with van der Waals surface area (Å²) in [5.74, 6) is 1.26. The smallest absolute Gasteiger partial charge is 0.264 e. The lowest BCUT2D eigenvalue weighted by Gasteiger charge is -2.19. The standard InChI is InChI=1S/C23H26N2O3S/c1-5-27-18-10-6-16(7-11-18)20-15-29-22(24-20)25-21(26)14-28-19-12-8-17(9-13-19)23(2,3)4/h6-13,15H,5,14H2,1-4H3,(H,24,25,26). The average molecular weight is 411 g/mol. The van der Waals surface area contributed by atoms with Crippen molar-refractivity contribution in [3.8, 4) is 22.8 Å². The molecule has 0 aliphatic carbocycles. The molecular weight excluding hydrogens is 384 g/mol. The molecule has 0 bridgehead atoms. The fraction of sp³-hybridized carbons (Fsp3) is 0.304. The Morgan fingerprint density at radius 2 is 1.62 bits per heavy atom. The molecule has 2 aromatic carbocycles. The van der Waals surface area contributed by atoms with E-state index in [0.29, 0.717) is 17.5 Å². The number of carbonyl (C=O) groups is 1. The molecule has 1 amide bonds. The minimum Gasteiger partial charge on any atom is -0.494 e. The quantitative estimate of drug-likeness (QED) is 0.557. The van der Waals surface area contributed by atoms with Gasteiger partial charge in [0.15, 0.2) is 11.7 Å². The van der Waals surface area contributed by atoms with E-state index in [4.69, 9.17) is 9.47 Å². The molecule has 3 aromatic rings. The number of amides is 1. The van der Waals surface area contributed by atoms with Gasteiger partial charge in [-0.3, -0.25) is 10.1 Å². The number of aromatic nitrogens is 1. The molecule has 1 N–H and O–H groups in total. The van der Waals surface area contributed by atoms with Crippen LogP contribution in [0.3, 0.4) is 0 Å². The Morgan fingerprint density at radius 1 is 1.00 bits per heavy atom. The van der Waals surface area contributed by atoms with Crippen LogP contribution in [-0.2, 0) is 10.2 Å². The van der Waals surface area contributed by atoms with Crippen LogP contribution in [0, 0.1) is 0 Å². The molecule has 0 aliphatic rings. The van der Waals surface area contributed by atoms with Crippen molar-refractivity contribution in [3.05, 3.63) is 59.5 Å². The fourth-order valence-electron chi connectivity index (χ4n) is 2.71. The maximum absolute atomic E-state index is 12.2. The lowest BCUT2D eigenvalue weighted by atomic mass is 9.87. The molecule has 0 saturated heterocycles. The van der Waals surface area contributed by atoms with E-state index in [1.807, 2.05) is 60.8 Å². The van der Waals surface area contributed by atoms with Crippen molar-refractivity contribution in [1.29, 1.82) is 0 Å². The molecule has 1 heterocycles. The summed E-state index contributed by atoms with van der Waals surface area (Å²) in [5, 5.41) is 5.25. The Kier molecular flexibility index (Phi) is 6.54. The van der Waals surface area contributed by atoms with Crippen LogP contribution in [0.25, 0.3) is 11.3 Å². The first-order chi connectivity index (χ1) is 13.8. The molecule has 0 unspecified atom stereocenters. The van der Waals surface area contributed by atoms with Crippen molar-refractivity contribution in [1.82, 2.24) is 4.98 Å². The summed E-state index contributed by atoms with van der Waals surface area (Å²) in [5.41, 5.74) is 3.09. The molecule has 0 aliphatic heterocycles. The van der Waals surface area contributed by atoms with Crippen LogP contribution < -0.4 is 14.8 Å². The molecule has 0 radical (unpaired) electrons. The number of hydrogen-bond donors (Lipinski definition) is 1. The molecule has 6 heteroatoms. The van der Waals surface area contributed by atoms with E-state index in [-0.39, 0.29) is 17.9 Å². The predicted molar refractivity (Wildman–Crippen MR) is 118 cm³/mol. The topological polar surface area (TPSA) is 60.5 Å². The summed E-state index contributed by atoms with van der Waals surface area (Å²) in [6, 6.07) is 15.6. The van der Waals surface area contributed by atoms with Gasteiger partial charge in [0.05, 0.1) is 12.3 Å². The van der Waals surface area contributed by atoms with Gasteiger partial charge >= 0.3 is 0 Å². The molecule has 152 valence electrons. The highest BCUT2D eigenvalue weighted by molar-refractivity contribution is 7.14. The first kappa shape index (κ1) is 20.9. The van der Waals surface area contributed by atoms with Crippen LogP contribution in [0.15, 0.2) is 53.9 Å². The number of hydrogen-bond acceptors (Lipinski definition) is 5. The maximum Gasteiger partial charge on any atom is 0.264 e. The summed E-state index contributed by atoms with van der Waals surface area (Å²) in [7, 11) is 0. The first-order valence-corrected chi connectivity index (χ1v) is 10.4. The Morgan fingerprint density at radius 3 is 2.24 bits per heavy atom. The van der Waals surface area contributed by atoms with Gasteiger partial charge in [-0.15, -0.1) is 11.3 Å². The molecule has 0 spiro atoms. The van der Waals surface area contributed by atoms with Crippen molar-refractivity contribution < 1.29 is 14.3 Å². The molecular formula is C23H26N2O3S. The van der Waals surface area contributed by atoms with Gasteiger partial charge in [-0.25, -0.2) is 4.98 Å². The van der Waals surface area contributed by atoms with E-state index in [1.165, 1.54) is 16.9 Å². The highest BCUT2D eigenvalue weighted by atomic mass is 32.1. The van der Waals surface area contributed by atoms with E-state index in [9.17, 15) is 4.79 Å². The summed E-state index contributed by atoms with van der Waals surface area (Å²) in [6.45, 7) is 9.00. The maximum atomic E-state index is 12.2. The van der Waals surface area contributed by atoms with Crippen molar-refractivity contribution in [2.75, 3.05) is 18.5 Å². The zero-order chi connectivity index (χ0) is 20.9. The number of ether oxygens (including phenoxy) is 2. The van der Waals surface area contributed by atoms with Gasteiger partial charge in [0.2, 0.25) is 0 Å². The lowest BCUT2D eigenvalue weighted by Crippen LogP contribution is -2.20. The second-order valence-electron chi connectivity index (χ2n) is 7.61. The lowest BCUT2D eigenvalue weighted by molar-refractivity contribution is -0.118. The summed E-state index contributed by atoms with van der Waals surface area (Å²) < 4.78 is 11.0.